The van der Waals surface area contributed by atoms with Crippen LogP contribution in [0, 0.1) is 10.5 Å². The standard InChI is InChI=1S/C23H24INO2/c1-4-5-6-20-21(24)23(18-9-7-15(2)8-10-18)27-22(20)17-11-13-19(14-12-17)25-16(3)26/h7-14H,4-6H2,1-3H3,(H,25,26). The molecule has 1 N–H and O–H groups in total. The lowest BCUT2D eigenvalue weighted by Gasteiger charge is -2.05. The Balaban J connectivity index is 2.03. The molecule has 1 heterocycles. The normalized spacial score (nSPS) is 10.8. The summed E-state index contributed by atoms with van der Waals surface area (Å²) < 4.78 is 7.57. The van der Waals surface area contributed by atoms with Crippen LogP contribution in [-0.2, 0) is 11.2 Å². The molecule has 0 bridgehead atoms. The molecule has 0 atom stereocenters. The highest BCUT2D eigenvalue weighted by Crippen LogP contribution is 2.39. The Bertz CT molecular complexity index is 924. The summed E-state index contributed by atoms with van der Waals surface area (Å²) in [5.74, 6) is 1.79. The number of unbranched alkanes of at least 4 members (excludes halogenated alkanes) is 1. The van der Waals surface area contributed by atoms with Gasteiger partial charge in [-0.05, 0) is 66.6 Å². The molecule has 0 radical (unpaired) electrons. The average molecular weight is 473 g/mol. The van der Waals surface area contributed by atoms with Crippen LogP contribution in [0.2, 0.25) is 0 Å². The Morgan fingerprint density at radius 1 is 1.00 bits per heavy atom. The number of hydrogen-bond donors (Lipinski definition) is 1. The topological polar surface area (TPSA) is 42.2 Å². The zero-order valence-corrected chi connectivity index (χ0v) is 18.1. The summed E-state index contributed by atoms with van der Waals surface area (Å²) in [6.07, 6.45) is 3.26. The van der Waals surface area contributed by atoms with Gasteiger partial charge in [-0.15, -0.1) is 0 Å². The van der Waals surface area contributed by atoms with Crippen molar-refractivity contribution in [1.82, 2.24) is 0 Å². The number of nitrogens with one attached hydrogen (secondary N) is 1. The van der Waals surface area contributed by atoms with Crippen molar-refractivity contribution in [1.29, 1.82) is 0 Å². The van der Waals surface area contributed by atoms with Gasteiger partial charge in [-0.2, -0.15) is 0 Å². The molecule has 1 aromatic heterocycles. The highest BCUT2D eigenvalue weighted by Gasteiger charge is 2.20. The zero-order chi connectivity index (χ0) is 19.4. The molecule has 3 rings (SSSR count). The van der Waals surface area contributed by atoms with Gasteiger partial charge in [0.1, 0.15) is 11.5 Å². The van der Waals surface area contributed by atoms with E-state index in [1.165, 1.54) is 21.6 Å². The minimum absolute atomic E-state index is 0.0689. The van der Waals surface area contributed by atoms with Crippen LogP contribution in [-0.4, -0.2) is 5.91 Å². The molecular formula is C23H24INO2. The molecule has 0 spiro atoms. The fourth-order valence-electron chi connectivity index (χ4n) is 3.05. The van der Waals surface area contributed by atoms with Crippen molar-refractivity contribution >= 4 is 34.2 Å². The van der Waals surface area contributed by atoms with Crippen LogP contribution in [0.3, 0.4) is 0 Å². The van der Waals surface area contributed by atoms with E-state index in [-0.39, 0.29) is 5.91 Å². The third-order valence-electron chi connectivity index (χ3n) is 4.50. The molecule has 0 fully saturated rings. The Morgan fingerprint density at radius 2 is 1.59 bits per heavy atom. The quantitative estimate of drug-likeness (QED) is 0.399. The first-order valence-corrected chi connectivity index (χ1v) is 10.3. The summed E-state index contributed by atoms with van der Waals surface area (Å²) in [7, 11) is 0. The lowest BCUT2D eigenvalue weighted by atomic mass is 10.0. The van der Waals surface area contributed by atoms with Crippen LogP contribution in [0.25, 0.3) is 22.6 Å². The van der Waals surface area contributed by atoms with Gasteiger partial charge in [0.2, 0.25) is 5.91 Å². The van der Waals surface area contributed by atoms with Gasteiger partial charge >= 0.3 is 0 Å². The van der Waals surface area contributed by atoms with Crippen molar-refractivity contribution in [3.8, 4) is 22.6 Å². The predicted molar refractivity (Wildman–Crippen MR) is 120 cm³/mol. The van der Waals surface area contributed by atoms with Gasteiger partial charge in [0, 0.05) is 29.3 Å². The van der Waals surface area contributed by atoms with Crippen molar-refractivity contribution in [3.05, 3.63) is 63.2 Å². The van der Waals surface area contributed by atoms with Crippen molar-refractivity contribution < 1.29 is 9.21 Å². The van der Waals surface area contributed by atoms with Gasteiger partial charge in [0.25, 0.3) is 0 Å². The first kappa shape index (κ1) is 19.7. The van der Waals surface area contributed by atoms with Crippen molar-refractivity contribution in [2.24, 2.45) is 0 Å². The zero-order valence-electron chi connectivity index (χ0n) is 15.9. The van der Waals surface area contributed by atoms with E-state index < -0.39 is 0 Å². The van der Waals surface area contributed by atoms with E-state index >= 15 is 0 Å². The maximum absolute atomic E-state index is 11.2. The smallest absolute Gasteiger partial charge is 0.221 e. The third kappa shape index (κ3) is 4.61. The van der Waals surface area contributed by atoms with E-state index in [0.29, 0.717) is 0 Å². The second-order valence-electron chi connectivity index (χ2n) is 6.78. The maximum Gasteiger partial charge on any atom is 0.221 e. The second kappa shape index (κ2) is 8.74. The molecule has 0 unspecified atom stereocenters. The number of benzene rings is 2. The highest BCUT2D eigenvalue weighted by molar-refractivity contribution is 14.1. The van der Waals surface area contributed by atoms with E-state index in [1.54, 1.807) is 0 Å². The fourth-order valence-corrected chi connectivity index (χ4v) is 3.99. The largest absolute Gasteiger partial charge is 0.455 e. The van der Waals surface area contributed by atoms with E-state index in [0.717, 1.165) is 47.6 Å². The van der Waals surface area contributed by atoms with Crippen LogP contribution < -0.4 is 5.32 Å². The predicted octanol–water partition coefficient (Wildman–Crippen LogP) is 6.83. The molecular weight excluding hydrogens is 449 g/mol. The van der Waals surface area contributed by atoms with E-state index in [4.69, 9.17) is 4.42 Å². The number of aryl methyl sites for hydroxylation is 1. The molecule has 2 aromatic carbocycles. The molecule has 27 heavy (non-hydrogen) atoms. The Hall–Kier alpha value is -2.08. The molecule has 0 aliphatic heterocycles. The summed E-state index contributed by atoms with van der Waals surface area (Å²) in [4.78, 5) is 11.2. The summed E-state index contributed by atoms with van der Waals surface area (Å²) in [5, 5.41) is 2.81. The Labute approximate surface area is 174 Å². The van der Waals surface area contributed by atoms with Crippen LogP contribution in [0.5, 0.6) is 0 Å². The van der Waals surface area contributed by atoms with Crippen LogP contribution in [0.4, 0.5) is 5.69 Å². The number of hydrogen-bond acceptors (Lipinski definition) is 2. The van der Waals surface area contributed by atoms with Gasteiger partial charge in [0.05, 0.1) is 3.57 Å². The van der Waals surface area contributed by atoms with Crippen molar-refractivity contribution in [3.63, 3.8) is 0 Å². The minimum Gasteiger partial charge on any atom is -0.455 e. The van der Waals surface area contributed by atoms with Gasteiger partial charge in [0.15, 0.2) is 0 Å². The lowest BCUT2D eigenvalue weighted by molar-refractivity contribution is -0.114. The highest BCUT2D eigenvalue weighted by atomic mass is 127. The third-order valence-corrected chi connectivity index (χ3v) is 5.65. The fraction of sp³-hybridized carbons (Fsp3) is 0.261. The molecule has 1 amide bonds. The number of halogens is 1. The van der Waals surface area contributed by atoms with Crippen molar-refractivity contribution in [2.45, 2.75) is 40.0 Å². The van der Waals surface area contributed by atoms with Gasteiger partial charge in [-0.3, -0.25) is 4.79 Å². The SMILES string of the molecule is CCCCc1c(-c2ccc(NC(C)=O)cc2)oc(-c2ccc(C)cc2)c1I. The maximum atomic E-state index is 11.2. The van der Waals surface area contributed by atoms with Gasteiger partial charge < -0.3 is 9.73 Å². The first-order valence-electron chi connectivity index (χ1n) is 9.25. The number of carbonyl (C=O) groups is 1. The molecule has 3 nitrogen and oxygen atoms in total. The summed E-state index contributed by atoms with van der Waals surface area (Å²) in [6.45, 7) is 5.81. The second-order valence-corrected chi connectivity index (χ2v) is 7.86. The average Bonchev–Trinajstić information content (AvgIpc) is 2.97. The number of rotatable bonds is 6. The molecule has 0 aliphatic carbocycles. The van der Waals surface area contributed by atoms with E-state index in [9.17, 15) is 4.79 Å². The Kier molecular flexibility index (Phi) is 6.37. The number of anilines is 1. The molecule has 0 aliphatic rings. The molecule has 3 aromatic rings. The molecule has 4 heteroatoms. The molecule has 140 valence electrons. The minimum atomic E-state index is -0.0689. The summed E-state index contributed by atoms with van der Waals surface area (Å²) >= 11 is 2.41. The van der Waals surface area contributed by atoms with Gasteiger partial charge in [-0.1, -0.05) is 43.2 Å². The molecule has 0 saturated heterocycles. The van der Waals surface area contributed by atoms with E-state index in [1.807, 2.05) is 24.3 Å². The number of furan rings is 1. The van der Waals surface area contributed by atoms with Crippen LogP contribution >= 0.6 is 22.6 Å². The number of amides is 1. The molecule has 0 saturated carbocycles. The Morgan fingerprint density at radius 3 is 2.19 bits per heavy atom. The summed E-state index contributed by atoms with van der Waals surface area (Å²) in [6, 6.07) is 16.3. The lowest BCUT2D eigenvalue weighted by Crippen LogP contribution is -2.05. The summed E-state index contributed by atoms with van der Waals surface area (Å²) in [5.41, 5.74) is 5.43. The van der Waals surface area contributed by atoms with E-state index in [2.05, 4.69) is 66.0 Å². The van der Waals surface area contributed by atoms with Crippen molar-refractivity contribution in [2.75, 3.05) is 5.32 Å². The van der Waals surface area contributed by atoms with Crippen LogP contribution in [0.1, 0.15) is 37.8 Å². The first-order chi connectivity index (χ1) is 13.0. The van der Waals surface area contributed by atoms with Crippen LogP contribution in [0.15, 0.2) is 52.9 Å². The number of carbonyl (C=O) groups excluding carboxylic acids is 1. The van der Waals surface area contributed by atoms with Gasteiger partial charge in [-0.25, -0.2) is 0 Å². The monoisotopic (exact) mass is 473 g/mol.